The van der Waals surface area contributed by atoms with Gasteiger partial charge in [-0.2, -0.15) is 5.26 Å². The number of ether oxygens (including phenoxy) is 1. The van der Waals surface area contributed by atoms with E-state index in [4.69, 9.17) is 15.0 Å². The lowest BCUT2D eigenvalue weighted by Gasteiger charge is -2.33. The van der Waals surface area contributed by atoms with Crippen LogP contribution in [0.25, 0.3) is 0 Å². The molecule has 1 amide bonds. The highest BCUT2D eigenvalue weighted by molar-refractivity contribution is 7.16. The van der Waals surface area contributed by atoms with Crippen LogP contribution in [-0.2, 0) is 19.4 Å². The number of rotatable bonds is 7. The number of aliphatic imine (C=N–C) groups is 1. The van der Waals surface area contributed by atoms with Gasteiger partial charge in [-0.3, -0.25) is 4.79 Å². The van der Waals surface area contributed by atoms with Crippen molar-refractivity contribution < 1.29 is 9.53 Å². The summed E-state index contributed by atoms with van der Waals surface area (Å²) >= 11 is 1.63. The van der Waals surface area contributed by atoms with Gasteiger partial charge in [0.1, 0.15) is 17.4 Å². The first-order valence-electron chi connectivity index (χ1n) is 13.6. The third-order valence-corrected chi connectivity index (χ3v) is 8.61. The molecule has 1 aromatic heterocycles. The summed E-state index contributed by atoms with van der Waals surface area (Å²) in [4.78, 5) is 19.8. The maximum Gasteiger partial charge on any atom is 0.259 e. The van der Waals surface area contributed by atoms with E-state index in [0.29, 0.717) is 29.4 Å². The number of para-hydroxylation sites is 2. The number of carbonyl (C=O) groups is 1. The summed E-state index contributed by atoms with van der Waals surface area (Å²) in [5, 5.41) is 12.8. The van der Waals surface area contributed by atoms with E-state index in [1.54, 1.807) is 29.7 Å². The van der Waals surface area contributed by atoms with Crippen molar-refractivity contribution in [3.8, 4) is 11.8 Å². The van der Waals surface area contributed by atoms with Gasteiger partial charge in [-0.15, -0.1) is 11.3 Å². The zero-order chi connectivity index (χ0) is 28.1. The van der Waals surface area contributed by atoms with Crippen molar-refractivity contribution in [3.05, 3.63) is 112 Å². The van der Waals surface area contributed by atoms with E-state index in [0.717, 1.165) is 46.6 Å². The molecule has 0 fully saturated rings. The predicted octanol–water partition coefficient (Wildman–Crippen LogP) is 8.35. The molecule has 0 unspecified atom stereocenters. The fraction of sp³-hybridized carbons (Fsp3) is 0.265. The van der Waals surface area contributed by atoms with Gasteiger partial charge in [0.15, 0.2) is 0 Å². The maximum absolute atomic E-state index is 13.6. The van der Waals surface area contributed by atoms with Crippen LogP contribution in [0, 0.1) is 22.7 Å². The second-order valence-corrected chi connectivity index (χ2v) is 12.3. The Hall–Kier alpha value is -4.21. The second kappa shape index (κ2) is 11.9. The molecule has 6 heteroatoms. The lowest BCUT2D eigenvalue weighted by Crippen LogP contribution is -2.27. The van der Waals surface area contributed by atoms with Crippen LogP contribution in [0.15, 0.2) is 83.9 Å². The molecular formula is C34H33N3O2S. The molecule has 1 heterocycles. The first kappa shape index (κ1) is 27.4. The van der Waals surface area contributed by atoms with Gasteiger partial charge in [-0.1, -0.05) is 63.2 Å². The van der Waals surface area contributed by atoms with Gasteiger partial charge < -0.3 is 10.1 Å². The monoisotopic (exact) mass is 547 g/mol. The quantitative estimate of drug-likeness (QED) is 0.236. The molecular weight excluding hydrogens is 514 g/mol. The van der Waals surface area contributed by atoms with Crippen molar-refractivity contribution in [1.82, 2.24) is 0 Å². The molecule has 1 atom stereocenters. The van der Waals surface area contributed by atoms with Gasteiger partial charge >= 0.3 is 0 Å². The van der Waals surface area contributed by atoms with Crippen molar-refractivity contribution in [3.63, 3.8) is 0 Å². The van der Waals surface area contributed by atoms with E-state index in [9.17, 15) is 4.79 Å². The molecule has 0 saturated heterocycles. The molecule has 0 saturated carbocycles. The molecule has 40 heavy (non-hydrogen) atoms. The number of fused-ring (bicyclic) bond motifs is 1. The summed E-state index contributed by atoms with van der Waals surface area (Å²) in [6.07, 6.45) is 4.71. The average molecular weight is 548 g/mol. The van der Waals surface area contributed by atoms with Gasteiger partial charge in [-0.25, -0.2) is 4.99 Å². The largest absolute Gasteiger partial charge is 0.488 e. The molecule has 1 aliphatic carbocycles. The first-order valence-corrected chi connectivity index (χ1v) is 14.4. The molecule has 0 spiro atoms. The van der Waals surface area contributed by atoms with Crippen LogP contribution in [0.2, 0.25) is 0 Å². The third-order valence-electron chi connectivity index (χ3n) is 7.45. The number of anilines is 1. The van der Waals surface area contributed by atoms with E-state index < -0.39 is 0 Å². The van der Waals surface area contributed by atoms with Crippen molar-refractivity contribution in [2.75, 3.05) is 5.32 Å². The Kier molecular flexibility index (Phi) is 8.14. The normalized spacial score (nSPS) is 14.9. The minimum atomic E-state index is -0.115. The Morgan fingerprint density at radius 2 is 1.80 bits per heavy atom. The van der Waals surface area contributed by atoms with E-state index in [2.05, 4.69) is 32.2 Å². The van der Waals surface area contributed by atoms with Gasteiger partial charge in [0.25, 0.3) is 5.91 Å². The molecule has 0 radical (unpaired) electrons. The highest BCUT2D eigenvalue weighted by atomic mass is 32.1. The van der Waals surface area contributed by atoms with Gasteiger partial charge in [0, 0.05) is 22.3 Å². The minimum absolute atomic E-state index is 0.115. The average Bonchev–Trinajstić information content (AvgIpc) is 3.33. The van der Waals surface area contributed by atoms with Crippen LogP contribution in [0.1, 0.15) is 64.7 Å². The number of benzene rings is 3. The number of hydrogen-bond acceptors (Lipinski definition) is 5. The molecule has 202 valence electrons. The Balaban J connectivity index is 1.43. The number of nitriles is 1. The van der Waals surface area contributed by atoms with Crippen LogP contribution in [-0.4, -0.2) is 12.1 Å². The van der Waals surface area contributed by atoms with Crippen molar-refractivity contribution in [1.29, 1.82) is 5.26 Å². The summed E-state index contributed by atoms with van der Waals surface area (Å²) in [6.45, 7) is 7.27. The van der Waals surface area contributed by atoms with Crippen molar-refractivity contribution in [2.45, 2.75) is 46.6 Å². The summed E-state index contributed by atoms with van der Waals surface area (Å²) in [6, 6.07) is 26.8. The Morgan fingerprint density at radius 3 is 2.52 bits per heavy atom. The minimum Gasteiger partial charge on any atom is -0.488 e. The maximum atomic E-state index is 13.6. The second-order valence-electron chi connectivity index (χ2n) is 11.2. The number of thiophene rings is 1. The fourth-order valence-electron chi connectivity index (χ4n) is 5.03. The topological polar surface area (TPSA) is 74.5 Å². The summed E-state index contributed by atoms with van der Waals surface area (Å²) < 4.78 is 6.12. The Labute approximate surface area is 240 Å². The summed E-state index contributed by atoms with van der Waals surface area (Å²) in [7, 11) is 0. The molecule has 5 rings (SSSR count). The van der Waals surface area contributed by atoms with E-state index in [1.807, 2.05) is 66.7 Å². The number of carbonyl (C=O) groups excluding carboxylic acids is 1. The third kappa shape index (κ3) is 6.32. The number of nitrogens with zero attached hydrogens (tertiary/aromatic N) is 2. The van der Waals surface area contributed by atoms with Crippen LogP contribution in [0.3, 0.4) is 0 Å². The highest BCUT2D eigenvalue weighted by Gasteiger charge is 2.33. The molecule has 1 aliphatic rings. The Morgan fingerprint density at radius 1 is 1.07 bits per heavy atom. The van der Waals surface area contributed by atoms with Crippen LogP contribution < -0.4 is 10.1 Å². The molecule has 0 aliphatic heterocycles. The first-order chi connectivity index (χ1) is 19.3. The van der Waals surface area contributed by atoms with Gasteiger partial charge in [-0.05, 0) is 78.1 Å². The number of hydrogen-bond donors (Lipinski definition) is 1. The zero-order valence-corrected chi connectivity index (χ0v) is 23.9. The van der Waals surface area contributed by atoms with Gasteiger partial charge in [0.05, 0.1) is 17.2 Å². The smallest absolute Gasteiger partial charge is 0.259 e. The van der Waals surface area contributed by atoms with Crippen LogP contribution >= 0.6 is 11.3 Å². The van der Waals surface area contributed by atoms with Crippen LogP contribution in [0.5, 0.6) is 5.75 Å². The molecule has 0 bridgehead atoms. The van der Waals surface area contributed by atoms with Gasteiger partial charge in [0.2, 0.25) is 0 Å². The van der Waals surface area contributed by atoms with E-state index in [1.165, 1.54) is 4.88 Å². The lowest BCUT2D eigenvalue weighted by atomic mass is 9.72. The number of amides is 1. The van der Waals surface area contributed by atoms with Crippen molar-refractivity contribution >= 4 is 34.1 Å². The predicted molar refractivity (Wildman–Crippen MR) is 163 cm³/mol. The fourth-order valence-corrected chi connectivity index (χ4v) is 6.30. The van der Waals surface area contributed by atoms with Crippen LogP contribution in [0.4, 0.5) is 10.7 Å². The number of nitrogens with one attached hydrogen (secondary N) is 1. The van der Waals surface area contributed by atoms with E-state index in [-0.39, 0.29) is 11.3 Å². The highest BCUT2D eigenvalue weighted by Crippen LogP contribution is 2.45. The SMILES string of the molecule is CC(C)(C)[C@@H]1CCc2c(sc(N=Cc3ccccc3OCc3ccc(C#N)cc3)c2C(=O)Nc2ccccc2)C1. The Bertz CT molecular complexity index is 1560. The summed E-state index contributed by atoms with van der Waals surface area (Å²) in [5.74, 6) is 1.16. The molecule has 3 aromatic carbocycles. The molecule has 5 nitrogen and oxygen atoms in total. The van der Waals surface area contributed by atoms with E-state index >= 15 is 0 Å². The molecule has 1 N–H and O–H groups in total. The lowest BCUT2D eigenvalue weighted by molar-refractivity contribution is 0.102. The zero-order valence-electron chi connectivity index (χ0n) is 23.1. The van der Waals surface area contributed by atoms with Crippen molar-refractivity contribution in [2.24, 2.45) is 16.3 Å². The standard InChI is InChI=1S/C34H33N3O2S/c1-34(2,3)26-17-18-28-30(19-26)40-33(31(28)32(38)37-27-10-5-4-6-11-27)36-21-25-9-7-8-12-29(25)39-22-24-15-13-23(20-35)14-16-24/h4-16,21,26H,17-19,22H2,1-3H3,(H,37,38)/t26-/m1/s1. The summed E-state index contributed by atoms with van der Waals surface area (Å²) in [5.41, 5.74) is 5.24. The molecule has 4 aromatic rings.